The number of nitrogens with two attached hydrogens (primary N) is 2. The molecule has 25 heteroatoms. The number of hydrogen-bond donors (Lipinski definition) is 8. The van der Waals surface area contributed by atoms with E-state index in [2.05, 4.69) is 5.32 Å². The molecule has 2 aliphatic rings. The van der Waals surface area contributed by atoms with Gasteiger partial charge in [0.2, 0.25) is 10.3 Å². The van der Waals surface area contributed by atoms with E-state index >= 15 is 0 Å². The first-order chi connectivity index (χ1) is 28.9. The zero-order valence-electron chi connectivity index (χ0n) is 30.7. The summed E-state index contributed by atoms with van der Waals surface area (Å²) in [5, 5.41) is 27.2. The number of anilines is 1. The number of nitrogen functional groups attached to an aromatic ring is 1. The van der Waals surface area contributed by atoms with Crippen LogP contribution in [0.3, 0.4) is 0 Å². The molecule has 0 fully saturated rings. The van der Waals surface area contributed by atoms with Crippen molar-refractivity contribution in [3.8, 4) is 28.1 Å². The number of aromatic amines is 1. The summed E-state index contributed by atoms with van der Waals surface area (Å²) in [7, 11) is -10.5. The van der Waals surface area contributed by atoms with Crippen molar-refractivity contribution in [2.45, 2.75) is 29.1 Å². The molecule has 10 N–H and O–H groups in total. The van der Waals surface area contributed by atoms with Crippen molar-refractivity contribution in [3.63, 3.8) is 0 Å². The predicted octanol–water partition coefficient (Wildman–Crippen LogP) is 1.47. The first-order valence-corrected chi connectivity index (χ1v) is 20.0. The Labute approximate surface area is 342 Å². The lowest BCUT2D eigenvalue weighted by atomic mass is 9.89. The van der Waals surface area contributed by atoms with Crippen molar-refractivity contribution in [1.29, 1.82) is 0 Å². The molecule has 20 nitrogen and oxygen atoms in total. The highest BCUT2D eigenvalue weighted by atomic mass is 32.2. The normalized spacial score (nSPS) is 12.3. The second-order valence-corrected chi connectivity index (χ2v) is 16.2. The summed E-state index contributed by atoms with van der Waals surface area (Å²) in [6, 6.07) is 10.3. The number of aromatic nitrogens is 3. The molecular formula is C37H26F3N6O14S2+. The monoisotopic (exact) mass is 899 g/mol. The van der Waals surface area contributed by atoms with E-state index in [1.165, 1.54) is 30.6 Å². The van der Waals surface area contributed by atoms with Crippen LogP contribution in [0.15, 0.2) is 96.9 Å². The molecule has 3 heterocycles. The van der Waals surface area contributed by atoms with Gasteiger partial charge in [-0.15, -0.1) is 0 Å². The summed E-state index contributed by atoms with van der Waals surface area (Å²) in [6.07, 6.45) is -2.68. The molecular weight excluding hydrogens is 874 g/mol. The third-order valence-electron chi connectivity index (χ3n) is 9.50. The van der Waals surface area contributed by atoms with Crippen LogP contribution in [0, 0.1) is 0 Å². The molecule has 1 aliphatic heterocycles. The maximum absolute atomic E-state index is 14.3. The van der Waals surface area contributed by atoms with Gasteiger partial charge in [0.25, 0.3) is 16.0 Å². The number of carbonyl (C=O) groups excluding carboxylic acids is 1. The van der Waals surface area contributed by atoms with E-state index in [0.717, 1.165) is 41.0 Å². The standard InChI is InChI=1S/C37H25F3N6O14S2/c38-37(39,40)21-10-24-26(46(14-27(47)48)35(51)34(50)44-24)11-25(21)45-8-7-15(13-45)12-43-33(49)16-1-2-17(20(9-16)36(52)53)28-18-3-5-22(41)31(61(54,55)56)29(18)60-30-19(28)4-6-23(42)32(30)62(57,58)59/h1-11,13,41H,12,14,42H2,(H,43,49)(H,44,50)(H,47,48)(H,52,53)(H,54,55,56)(H,57,58,59)/p+1. The van der Waals surface area contributed by atoms with Crippen LogP contribution in [0.2, 0.25) is 0 Å². The van der Waals surface area contributed by atoms with Crippen LogP contribution in [0.25, 0.3) is 50.1 Å². The second-order valence-electron chi connectivity index (χ2n) is 13.4. The third-order valence-corrected chi connectivity index (χ3v) is 11.4. The first kappa shape index (κ1) is 42.5. The molecule has 0 bridgehead atoms. The molecule has 2 aromatic heterocycles. The van der Waals surface area contributed by atoms with Crippen molar-refractivity contribution in [3.05, 3.63) is 121 Å². The van der Waals surface area contributed by atoms with Crippen molar-refractivity contribution in [2.24, 2.45) is 0 Å². The average molecular weight is 900 g/mol. The van der Waals surface area contributed by atoms with Crippen LogP contribution in [-0.4, -0.2) is 68.1 Å². The minimum atomic E-state index is -5.23. The van der Waals surface area contributed by atoms with Gasteiger partial charge in [0.05, 0.1) is 33.5 Å². The van der Waals surface area contributed by atoms with E-state index in [1.54, 1.807) is 0 Å². The number of carbonyl (C=O) groups is 3. The smallest absolute Gasteiger partial charge is 0.418 e. The fourth-order valence-corrected chi connectivity index (χ4v) is 8.43. The first-order valence-electron chi connectivity index (χ1n) is 17.1. The van der Waals surface area contributed by atoms with Crippen molar-refractivity contribution in [1.82, 2.24) is 19.4 Å². The van der Waals surface area contributed by atoms with Gasteiger partial charge in [0.1, 0.15) is 6.54 Å². The Morgan fingerprint density at radius 1 is 0.903 bits per heavy atom. The maximum atomic E-state index is 14.3. The van der Waals surface area contributed by atoms with Crippen LogP contribution in [0.4, 0.5) is 18.9 Å². The van der Waals surface area contributed by atoms with E-state index in [-0.39, 0.29) is 45.3 Å². The average Bonchev–Trinajstić information content (AvgIpc) is 3.64. The Bertz CT molecular complexity index is 3500. The number of hydrogen-bond acceptors (Lipinski definition) is 11. The number of nitrogens with zero attached hydrogens (tertiary/aromatic N) is 2. The van der Waals surface area contributed by atoms with E-state index in [4.69, 9.17) is 15.6 Å². The number of amides is 1. The zero-order valence-corrected chi connectivity index (χ0v) is 32.3. The van der Waals surface area contributed by atoms with Crippen LogP contribution in [0.5, 0.6) is 0 Å². The molecule has 1 amide bonds. The Morgan fingerprint density at radius 3 is 2.21 bits per heavy atom. The highest BCUT2D eigenvalue weighted by Gasteiger charge is 2.36. The molecule has 7 rings (SSSR count). The molecule has 1 aliphatic carbocycles. The Hall–Kier alpha value is -7.61. The van der Waals surface area contributed by atoms with Crippen molar-refractivity contribution in [2.75, 3.05) is 5.73 Å². The van der Waals surface area contributed by atoms with E-state index < -0.39 is 116 Å². The summed E-state index contributed by atoms with van der Waals surface area (Å²) < 4.78 is 120. The van der Waals surface area contributed by atoms with Gasteiger partial charge in [-0.25, -0.2) is 4.79 Å². The molecule has 0 spiro atoms. The number of alkyl halides is 3. The molecule has 320 valence electrons. The highest BCUT2D eigenvalue weighted by Crippen LogP contribution is 2.46. The number of carboxylic acids is 2. The minimum Gasteiger partial charge on any atom is -0.480 e. The van der Waals surface area contributed by atoms with Gasteiger partial charge in [-0.3, -0.25) is 38.3 Å². The molecule has 62 heavy (non-hydrogen) atoms. The number of benzene rings is 4. The minimum absolute atomic E-state index is 0.194. The topological polar surface area (TPSA) is 337 Å². The molecule has 0 atom stereocenters. The maximum Gasteiger partial charge on any atom is 0.418 e. The number of carboxylic acid groups (broad SMARTS) is 2. The van der Waals surface area contributed by atoms with Crippen molar-refractivity contribution < 1.29 is 73.5 Å². The molecule has 5 aromatic rings. The number of aromatic carboxylic acids is 1. The molecule has 0 unspecified atom stereocenters. The Balaban J connectivity index is 1.29. The summed E-state index contributed by atoms with van der Waals surface area (Å²) in [4.78, 5) is 62.2. The van der Waals surface area contributed by atoms with E-state index in [0.29, 0.717) is 10.6 Å². The quantitative estimate of drug-likeness (QED) is 0.0417. The molecule has 0 radical (unpaired) electrons. The van der Waals surface area contributed by atoms with Crippen LogP contribution >= 0.6 is 0 Å². The predicted molar refractivity (Wildman–Crippen MR) is 206 cm³/mol. The lowest BCUT2D eigenvalue weighted by Gasteiger charge is -2.19. The van der Waals surface area contributed by atoms with Gasteiger partial charge in [-0.1, -0.05) is 6.07 Å². The fraction of sp³-hybridized carbons (Fsp3) is 0.0811. The fourth-order valence-electron chi connectivity index (χ4n) is 6.92. The third kappa shape index (κ3) is 7.55. The summed E-state index contributed by atoms with van der Waals surface area (Å²) in [5.41, 5.74) is -2.24. The number of nitrogens with one attached hydrogen (secondary N) is 2. The number of fused-ring (bicyclic) bond motifs is 3. The number of aliphatic carboxylic acids is 1. The molecule has 0 saturated carbocycles. The Morgan fingerprint density at radius 2 is 1.58 bits per heavy atom. The summed E-state index contributed by atoms with van der Waals surface area (Å²) in [5.74, 6) is -4.87. The summed E-state index contributed by atoms with van der Waals surface area (Å²) in [6.45, 7) is -1.41. The molecule has 3 aromatic carbocycles. The lowest BCUT2D eigenvalue weighted by molar-refractivity contribution is -0.176. The largest absolute Gasteiger partial charge is 0.480 e. The molecule has 0 saturated heterocycles. The second kappa shape index (κ2) is 14.8. The van der Waals surface area contributed by atoms with E-state index in [9.17, 15) is 73.3 Å². The summed E-state index contributed by atoms with van der Waals surface area (Å²) >= 11 is 0. The van der Waals surface area contributed by atoms with E-state index in [1.807, 2.05) is 4.98 Å². The van der Waals surface area contributed by atoms with Gasteiger partial charge < -0.3 is 35.2 Å². The SMILES string of the molecule is Nc1ccc2c(-c3ccc(C(=O)NCc4ccn(-c5cc6c(cc5C(F)(F)F)[nH]c(=O)c(=O)n6CC(=O)O)c4)cc3C(=O)O)c3ccc(=[NH2+])c(S(=O)(=O)O)c-3oc2c1S(=O)(=O)O. The van der Waals surface area contributed by atoms with Gasteiger partial charge in [0, 0.05) is 47.1 Å². The number of halogens is 3. The number of rotatable bonds is 10. The Kier molecular flexibility index (Phi) is 10.2. The van der Waals surface area contributed by atoms with Crippen molar-refractivity contribution >= 4 is 65.8 Å². The van der Waals surface area contributed by atoms with Crippen LogP contribution in [-0.2, 0) is 44.3 Å². The lowest BCUT2D eigenvalue weighted by Crippen LogP contribution is -2.47. The zero-order chi connectivity index (χ0) is 45.4. The van der Waals surface area contributed by atoms with Gasteiger partial charge in [-0.2, -0.15) is 30.0 Å². The van der Waals surface area contributed by atoms with Gasteiger partial charge >= 0.3 is 39.4 Å². The highest BCUT2D eigenvalue weighted by molar-refractivity contribution is 7.86. The van der Waals surface area contributed by atoms with Gasteiger partial charge in [0.15, 0.2) is 16.2 Å². The van der Waals surface area contributed by atoms with Crippen LogP contribution < -0.4 is 32.9 Å². The van der Waals surface area contributed by atoms with Crippen LogP contribution in [0.1, 0.15) is 31.8 Å². The number of H-pyrrole nitrogens is 1. The van der Waals surface area contributed by atoms with Gasteiger partial charge in [-0.05, 0) is 59.7 Å².